The van der Waals surface area contributed by atoms with Crippen molar-refractivity contribution >= 4 is 5.82 Å². The van der Waals surface area contributed by atoms with Crippen LogP contribution in [0.25, 0.3) is 0 Å². The van der Waals surface area contributed by atoms with Crippen molar-refractivity contribution in [2.24, 2.45) is 5.41 Å². The maximum Gasteiger partial charge on any atom is 0.126 e. The number of hydrogen-bond donors (Lipinski definition) is 2. The Morgan fingerprint density at radius 3 is 2.62 bits per heavy atom. The fraction of sp³-hybridized carbons (Fsp3) is 0.615. The van der Waals surface area contributed by atoms with Crippen LogP contribution in [0.5, 0.6) is 0 Å². The van der Waals surface area contributed by atoms with Gasteiger partial charge in [-0.2, -0.15) is 0 Å². The number of anilines is 1. The summed E-state index contributed by atoms with van der Waals surface area (Å²) in [6, 6.07) is 4.44. The first-order valence-corrected chi connectivity index (χ1v) is 5.79. The van der Waals surface area contributed by atoms with Gasteiger partial charge >= 0.3 is 0 Å². The summed E-state index contributed by atoms with van der Waals surface area (Å²) in [4.78, 5) is 4.11. The van der Waals surface area contributed by atoms with E-state index in [0.29, 0.717) is 17.3 Å². The standard InChI is InChI=1S/C13H23N3/c1-13(2,3)9-11(15-4)8-10-6-5-7-16-12(10)14/h5-7,11,15H,8-9H2,1-4H3,(H2,14,16). The number of likely N-dealkylation sites (N-methyl/N-ethyl adjacent to an activating group) is 1. The maximum atomic E-state index is 5.85. The molecule has 1 aromatic rings. The van der Waals surface area contributed by atoms with E-state index in [1.807, 2.05) is 13.1 Å². The average molecular weight is 221 g/mol. The maximum absolute atomic E-state index is 5.85. The quantitative estimate of drug-likeness (QED) is 0.819. The van der Waals surface area contributed by atoms with Crippen molar-refractivity contribution in [2.75, 3.05) is 12.8 Å². The highest BCUT2D eigenvalue weighted by molar-refractivity contribution is 5.38. The van der Waals surface area contributed by atoms with E-state index in [2.05, 4.69) is 37.1 Å². The van der Waals surface area contributed by atoms with Gasteiger partial charge in [0, 0.05) is 12.2 Å². The van der Waals surface area contributed by atoms with Crippen LogP contribution in [0.1, 0.15) is 32.8 Å². The van der Waals surface area contributed by atoms with E-state index < -0.39 is 0 Å². The lowest BCUT2D eigenvalue weighted by molar-refractivity contribution is 0.316. The predicted molar refractivity (Wildman–Crippen MR) is 69.3 cm³/mol. The molecule has 3 nitrogen and oxygen atoms in total. The molecule has 1 aromatic heterocycles. The van der Waals surface area contributed by atoms with Gasteiger partial charge in [0.15, 0.2) is 0 Å². The molecule has 0 fully saturated rings. The highest BCUT2D eigenvalue weighted by atomic mass is 14.9. The van der Waals surface area contributed by atoms with Gasteiger partial charge in [-0.05, 0) is 36.9 Å². The minimum absolute atomic E-state index is 0.324. The van der Waals surface area contributed by atoms with Gasteiger partial charge in [0.25, 0.3) is 0 Å². The molecule has 16 heavy (non-hydrogen) atoms. The van der Waals surface area contributed by atoms with Crippen molar-refractivity contribution in [2.45, 2.75) is 39.7 Å². The Balaban J connectivity index is 2.67. The van der Waals surface area contributed by atoms with E-state index in [4.69, 9.17) is 5.73 Å². The van der Waals surface area contributed by atoms with Gasteiger partial charge in [-0.25, -0.2) is 4.98 Å². The number of nitrogens with zero attached hydrogens (tertiary/aromatic N) is 1. The number of hydrogen-bond acceptors (Lipinski definition) is 3. The molecule has 1 unspecified atom stereocenters. The van der Waals surface area contributed by atoms with E-state index in [-0.39, 0.29) is 0 Å². The van der Waals surface area contributed by atoms with Crippen LogP contribution in [-0.2, 0) is 6.42 Å². The molecule has 3 N–H and O–H groups in total. The van der Waals surface area contributed by atoms with Crippen LogP contribution >= 0.6 is 0 Å². The molecule has 1 atom stereocenters. The van der Waals surface area contributed by atoms with Crippen LogP contribution in [0.3, 0.4) is 0 Å². The molecule has 0 saturated carbocycles. The Kier molecular flexibility index (Phi) is 4.30. The smallest absolute Gasteiger partial charge is 0.126 e. The zero-order valence-corrected chi connectivity index (χ0v) is 10.7. The molecule has 0 aliphatic carbocycles. The van der Waals surface area contributed by atoms with E-state index >= 15 is 0 Å². The lowest BCUT2D eigenvalue weighted by atomic mass is 9.86. The number of rotatable bonds is 4. The fourth-order valence-electron chi connectivity index (χ4n) is 1.90. The minimum Gasteiger partial charge on any atom is -0.383 e. The van der Waals surface area contributed by atoms with Gasteiger partial charge < -0.3 is 11.1 Å². The second kappa shape index (κ2) is 5.30. The molecule has 0 aromatic carbocycles. The molecule has 1 rings (SSSR count). The first-order chi connectivity index (χ1) is 7.42. The van der Waals surface area contributed by atoms with E-state index in [0.717, 1.165) is 18.4 Å². The predicted octanol–water partition coefficient (Wildman–Crippen LogP) is 2.23. The summed E-state index contributed by atoms with van der Waals surface area (Å²) >= 11 is 0. The molecule has 0 aliphatic heterocycles. The Hall–Kier alpha value is -1.09. The summed E-state index contributed by atoms with van der Waals surface area (Å²) in [6.07, 6.45) is 3.79. The molecule has 1 heterocycles. The number of aromatic nitrogens is 1. The Morgan fingerprint density at radius 1 is 1.44 bits per heavy atom. The van der Waals surface area contributed by atoms with Gasteiger partial charge in [0.1, 0.15) is 5.82 Å². The molecule has 90 valence electrons. The van der Waals surface area contributed by atoms with Crippen LogP contribution in [-0.4, -0.2) is 18.1 Å². The van der Waals surface area contributed by atoms with Crippen molar-refractivity contribution in [1.82, 2.24) is 10.3 Å². The van der Waals surface area contributed by atoms with Gasteiger partial charge in [-0.3, -0.25) is 0 Å². The second-order valence-electron chi connectivity index (χ2n) is 5.50. The van der Waals surface area contributed by atoms with Crippen LogP contribution in [0.2, 0.25) is 0 Å². The van der Waals surface area contributed by atoms with E-state index in [1.54, 1.807) is 6.20 Å². The molecule has 0 spiro atoms. The molecule has 0 radical (unpaired) electrons. The summed E-state index contributed by atoms with van der Waals surface area (Å²) in [6.45, 7) is 6.76. The molecule has 0 amide bonds. The molecule has 0 saturated heterocycles. The van der Waals surface area contributed by atoms with Crippen LogP contribution in [0, 0.1) is 5.41 Å². The van der Waals surface area contributed by atoms with Gasteiger partial charge in [-0.15, -0.1) is 0 Å². The minimum atomic E-state index is 0.324. The summed E-state index contributed by atoms with van der Waals surface area (Å²) in [5.74, 6) is 0.650. The van der Waals surface area contributed by atoms with Crippen LogP contribution in [0.4, 0.5) is 5.82 Å². The van der Waals surface area contributed by atoms with Crippen LogP contribution in [0.15, 0.2) is 18.3 Å². The van der Waals surface area contributed by atoms with Crippen LogP contribution < -0.4 is 11.1 Å². The molecule has 3 heteroatoms. The zero-order chi connectivity index (χ0) is 12.2. The Labute approximate surface area is 98.5 Å². The molecular weight excluding hydrogens is 198 g/mol. The van der Waals surface area contributed by atoms with Crippen molar-refractivity contribution in [3.05, 3.63) is 23.9 Å². The molecule has 0 bridgehead atoms. The monoisotopic (exact) mass is 221 g/mol. The number of nitrogens with two attached hydrogens (primary N) is 1. The largest absolute Gasteiger partial charge is 0.383 e. The van der Waals surface area contributed by atoms with Gasteiger partial charge in [0.05, 0.1) is 0 Å². The first kappa shape index (κ1) is 13.0. The van der Waals surface area contributed by atoms with Gasteiger partial charge in [-0.1, -0.05) is 26.8 Å². The topological polar surface area (TPSA) is 50.9 Å². The third kappa shape index (κ3) is 4.19. The number of nitrogens with one attached hydrogen (secondary N) is 1. The van der Waals surface area contributed by atoms with Crippen molar-refractivity contribution in [1.29, 1.82) is 0 Å². The van der Waals surface area contributed by atoms with Crippen molar-refractivity contribution < 1.29 is 0 Å². The highest BCUT2D eigenvalue weighted by Gasteiger charge is 2.18. The normalized spacial score (nSPS) is 13.8. The summed E-state index contributed by atoms with van der Waals surface area (Å²) in [7, 11) is 2.00. The van der Waals surface area contributed by atoms with Gasteiger partial charge in [0.2, 0.25) is 0 Å². The van der Waals surface area contributed by atoms with E-state index in [9.17, 15) is 0 Å². The SMILES string of the molecule is CNC(Cc1cccnc1N)CC(C)(C)C. The van der Waals surface area contributed by atoms with Crippen molar-refractivity contribution in [3.8, 4) is 0 Å². The Bertz CT molecular complexity index is 328. The Morgan fingerprint density at radius 2 is 2.12 bits per heavy atom. The third-order valence-corrected chi connectivity index (χ3v) is 2.66. The number of nitrogen functional groups attached to an aromatic ring is 1. The van der Waals surface area contributed by atoms with Crippen molar-refractivity contribution in [3.63, 3.8) is 0 Å². The van der Waals surface area contributed by atoms with E-state index in [1.165, 1.54) is 0 Å². The summed E-state index contributed by atoms with van der Waals surface area (Å²) < 4.78 is 0. The lowest BCUT2D eigenvalue weighted by Gasteiger charge is -2.26. The first-order valence-electron chi connectivity index (χ1n) is 5.79. The average Bonchev–Trinajstić information content (AvgIpc) is 2.18. The highest BCUT2D eigenvalue weighted by Crippen LogP contribution is 2.23. The number of pyridine rings is 1. The third-order valence-electron chi connectivity index (χ3n) is 2.66. The summed E-state index contributed by atoms with van der Waals surface area (Å²) in [5.41, 5.74) is 7.30. The molecule has 0 aliphatic rings. The lowest BCUT2D eigenvalue weighted by Crippen LogP contribution is -2.32. The summed E-state index contributed by atoms with van der Waals surface area (Å²) in [5, 5.41) is 3.35. The second-order valence-corrected chi connectivity index (χ2v) is 5.50. The fourth-order valence-corrected chi connectivity index (χ4v) is 1.90. The zero-order valence-electron chi connectivity index (χ0n) is 10.7. The molecular formula is C13H23N3.